The van der Waals surface area contributed by atoms with Crippen LogP contribution in [-0.2, 0) is 14.0 Å². The number of fused-ring (bicyclic) bond motifs is 3. The van der Waals surface area contributed by atoms with Gasteiger partial charge in [0.15, 0.2) is 0 Å². The largest absolute Gasteiger partial charge is 0.492 e. The third kappa shape index (κ3) is 5.29. The van der Waals surface area contributed by atoms with Gasteiger partial charge >= 0.3 is 13.2 Å². The molecule has 2 aliphatic rings. The number of carbonyl (C=O) groups is 1. The van der Waals surface area contributed by atoms with Crippen molar-refractivity contribution in [2.45, 2.75) is 44.8 Å². The molecule has 0 unspecified atom stereocenters. The van der Waals surface area contributed by atoms with Crippen LogP contribution in [0.3, 0.4) is 0 Å². The van der Waals surface area contributed by atoms with E-state index in [1.807, 2.05) is 52.0 Å². The zero-order valence-corrected chi connectivity index (χ0v) is 22.8. The molecule has 0 atom stereocenters. The second kappa shape index (κ2) is 10.5. The molecule has 2 aromatic carbocycles. The van der Waals surface area contributed by atoms with Gasteiger partial charge in [0.2, 0.25) is 5.88 Å². The average Bonchev–Trinajstić information content (AvgIpc) is 3.34. The minimum atomic E-state index is -0.781. The van der Waals surface area contributed by atoms with Gasteiger partial charge in [0, 0.05) is 18.0 Å². The number of amides is 1. The average molecular weight is 530 g/mol. The van der Waals surface area contributed by atoms with E-state index in [1.165, 1.54) is 13.2 Å². The molecule has 0 spiro atoms. The van der Waals surface area contributed by atoms with Crippen molar-refractivity contribution in [3.05, 3.63) is 88.8 Å². The van der Waals surface area contributed by atoms with Crippen LogP contribution in [0.5, 0.6) is 5.88 Å². The summed E-state index contributed by atoms with van der Waals surface area (Å²) in [6.07, 6.45) is 2.17. The number of halogens is 1. The Morgan fingerprint density at radius 3 is 2.23 bits per heavy atom. The molecule has 7 nitrogen and oxygen atoms in total. The Labute approximate surface area is 228 Å². The SMILES string of the molecule is COc1ncc(F)cc1C=C(CNC(=O)OCC1c2ccccc2-c2ccccc21)B1OC(C)(C)C(C)(C)O1. The molecule has 0 saturated carbocycles. The van der Waals surface area contributed by atoms with Crippen molar-refractivity contribution >= 4 is 19.3 Å². The molecule has 1 amide bonds. The monoisotopic (exact) mass is 530 g/mol. The molecule has 1 fully saturated rings. The van der Waals surface area contributed by atoms with Crippen LogP contribution in [0, 0.1) is 5.82 Å². The maximum absolute atomic E-state index is 14.0. The first kappa shape index (κ1) is 26.9. The van der Waals surface area contributed by atoms with E-state index in [2.05, 4.69) is 34.6 Å². The highest BCUT2D eigenvalue weighted by Gasteiger charge is 2.52. The van der Waals surface area contributed by atoms with Crippen molar-refractivity contribution in [2.24, 2.45) is 0 Å². The third-order valence-corrected chi connectivity index (χ3v) is 7.72. The van der Waals surface area contributed by atoms with Gasteiger partial charge in [-0.1, -0.05) is 54.6 Å². The molecule has 1 N–H and O–H groups in total. The normalized spacial score (nSPS) is 17.5. The van der Waals surface area contributed by atoms with Crippen molar-refractivity contribution in [1.82, 2.24) is 10.3 Å². The fourth-order valence-corrected chi connectivity index (χ4v) is 4.94. The molecule has 202 valence electrons. The minimum absolute atomic E-state index is 0.0488. The van der Waals surface area contributed by atoms with Crippen molar-refractivity contribution < 1.29 is 28.0 Å². The Bertz CT molecular complexity index is 1360. The topological polar surface area (TPSA) is 78.9 Å². The summed E-state index contributed by atoms with van der Waals surface area (Å²) in [5.41, 5.74) is 4.33. The van der Waals surface area contributed by atoms with Gasteiger partial charge in [0.1, 0.15) is 12.4 Å². The van der Waals surface area contributed by atoms with E-state index in [1.54, 1.807) is 6.08 Å². The lowest BCUT2D eigenvalue weighted by Gasteiger charge is -2.32. The van der Waals surface area contributed by atoms with Gasteiger partial charge in [0.05, 0.1) is 24.5 Å². The molecule has 5 rings (SSSR count). The van der Waals surface area contributed by atoms with E-state index >= 15 is 0 Å². The number of methoxy groups -OCH3 is 1. The van der Waals surface area contributed by atoms with Crippen molar-refractivity contribution in [3.63, 3.8) is 0 Å². The number of carbonyl (C=O) groups excluding carboxylic acids is 1. The first-order chi connectivity index (χ1) is 18.6. The summed E-state index contributed by atoms with van der Waals surface area (Å²) < 4.78 is 37.5. The minimum Gasteiger partial charge on any atom is -0.481 e. The first-order valence-corrected chi connectivity index (χ1v) is 12.9. The number of rotatable bonds is 7. The van der Waals surface area contributed by atoms with Gasteiger partial charge in [-0.05, 0) is 61.5 Å². The Balaban J connectivity index is 1.33. The fraction of sp³-hybridized carbons (Fsp3) is 0.333. The van der Waals surface area contributed by atoms with Crippen LogP contribution in [-0.4, -0.2) is 49.7 Å². The number of benzene rings is 2. The van der Waals surface area contributed by atoms with Crippen LogP contribution in [0.25, 0.3) is 17.2 Å². The van der Waals surface area contributed by atoms with E-state index in [0.717, 1.165) is 28.5 Å². The maximum atomic E-state index is 14.0. The molecule has 1 saturated heterocycles. The van der Waals surface area contributed by atoms with E-state index < -0.39 is 30.2 Å². The lowest BCUT2D eigenvalue weighted by molar-refractivity contribution is 0.00578. The van der Waals surface area contributed by atoms with Crippen LogP contribution in [0.15, 0.2) is 66.3 Å². The van der Waals surface area contributed by atoms with Gasteiger partial charge in [-0.3, -0.25) is 0 Å². The van der Waals surface area contributed by atoms with Gasteiger partial charge in [-0.25, -0.2) is 14.2 Å². The molecule has 1 aliphatic carbocycles. The first-order valence-electron chi connectivity index (χ1n) is 12.9. The van der Waals surface area contributed by atoms with E-state index in [-0.39, 0.29) is 24.9 Å². The van der Waals surface area contributed by atoms with Crippen LogP contribution < -0.4 is 10.1 Å². The number of pyridine rings is 1. The van der Waals surface area contributed by atoms with E-state index in [4.69, 9.17) is 18.8 Å². The Kier molecular flexibility index (Phi) is 7.22. The smallest absolute Gasteiger partial charge is 0.481 e. The highest BCUT2D eigenvalue weighted by atomic mass is 19.1. The Morgan fingerprint density at radius 2 is 1.64 bits per heavy atom. The maximum Gasteiger partial charge on any atom is 0.492 e. The number of nitrogens with zero attached hydrogens (tertiary/aromatic N) is 1. The summed E-state index contributed by atoms with van der Waals surface area (Å²) >= 11 is 0. The van der Waals surface area contributed by atoms with E-state index in [0.29, 0.717) is 11.0 Å². The summed E-state index contributed by atoms with van der Waals surface area (Å²) in [6.45, 7) is 7.99. The third-order valence-electron chi connectivity index (χ3n) is 7.72. The zero-order valence-electron chi connectivity index (χ0n) is 22.8. The molecule has 2 heterocycles. The van der Waals surface area contributed by atoms with Crippen LogP contribution >= 0.6 is 0 Å². The summed E-state index contributed by atoms with van der Waals surface area (Å²) in [7, 11) is 0.679. The number of hydrogen-bond acceptors (Lipinski definition) is 6. The summed E-state index contributed by atoms with van der Waals surface area (Å²) in [6, 6.07) is 17.6. The van der Waals surface area contributed by atoms with Gasteiger partial charge in [0.25, 0.3) is 0 Å². The van der Waals surface area contributed by atoms with Gasteiger partial charge < -0.3 is 24.1 Å². The Morgan fingerprint density at radius 1 is 1.05 bits per heavy atom. The molecule has 39 heavy (non-hydrogen) atoms. The molecule has 9 heteroatoms. The molecule has 0 radical (unpaired) electrons. The van der Waals surface area contributed by atoms with Crippen molar-refractivity contribution in [3.8, 4) is 17.0 Å². The molecule has 3 aromatic rings. The van der Waals surface area contributed by atoms with Gasteiger partial charge in [-0.15, -0.1) is 0 Å². The highest BCUT2D eigenvalue weighted by Crippen LogP contribution is 2.44. The fourth-order valence-electron chi connectivity index (χ4n) is 4.94. The van der Waals surface area contributed by atoms with Crippen molar-refractivity contribution in [1.29, 1.82) is 0 Å². The molecule has 1 aromatic heterocycles. The van der Waals surface area contributed by atoms with Crippen LogP contribution in [0.2, 0.25) is 0 Å². The van der Waals surface area contributed by atoms with Crippen molar-refractivity contribution in [2.75, 3.05) is 20.3 Å². The molecular formula is C30H32BFN2O5. The van der Waals surface area contributed by atoms with E-state index in [9.17, 15) is 9.18 Å². The number of alkyl carbamates (subject to hydrolysis) is 1. The molecular weight excluding hydrogens is 498 g/mol. The predicted octanol–water partition coefficient (Wildman–Crippen LogP) is 5.78. The summed E-state index contributed by atoms with van der Waals surface area (Å²) in [5.74, 6) is -0.324. The predicted molar refractivity (Wildman–Crippen MR) is 148 cm³/mol. The molecule has 1 aliphatic heterocycles. The lowest BCUT2D eigenvalue weighted by Crippen LogP contribution is -2.41. The number of ether oxygens (including phenoxy) is 2. The highest BCUT2D eigenvalue weighted by molar-refractivity contribution is 6.56. The van der Waals surface area contributed by atoms with Crippen LogP contribution in [0.4, 0.5) is 9.18 Å². The standard InChI is InChI=1S/C30H32BFN2O5/c1-29(2)30(3,4)39-31(38-29)20(14-19-15-21(32)17-33-27(19)36-5)16-34-28(35)37-18-26-24-12-8-6-10-22(24)23-11-7-9-13-25(23)26/h6-15,17,26H,16,18H2,1-5H3,(H,34,35). The molecule has 0 bridgehead atoms. The second-order valence-electron chi connectivity index (χ2n) is 10.7. The van der Waals surface area contributed by atoms with Crippen LogP contribution in [0.1, 0.15) is 50.3 Å². The quantitative estimate of drug-likeness (QED) is 0.390. The zero-order chi connectivity index (χ0) is 27.8. The summed E-state index contributed by atoms with van der Waals surface area (Å²) in [4.78, 5) is 16.9. The second-order valence-corrected chi connectivity index (χ2v) is 10.7. The van der Waals surface area contributed by atoms with Gasteiger partial charge in [-0.2, -0.15) is 0 Å². The summed E-state index contributed by atoms with van der Waals surface area (Å²) in [5, 5.41) is 2.81. The number of aromatic nitrogens is 1. The Hall–Kier alpha value is -3.69. The number of hydrogen-bond donors (Lipinski definition) is 1. The lowest BCUT2D eigenvalue weighted by atomic mass is 9.77. The number of nitrogens with one attached hydrogen (secondary N) is 1.